The second kappa shape index (κ2) is 4.27. The summed E-state index contributed by atoms with van der Waals surface area (Å²) in [6, 6.07) is -0.0389. The fourth-order valence-corrected chi connectivity index (χ4v) is 0.404. The van der Waals surface area contributed by atoms with E-state index in [-0.39, 0.29) is 11.8 Å². The Labute approximate surface area is 56.0 Å². The predicted octanol–water partition coefficient (Wildman–Crippen LogP) is 0.739. The van der Waals surface area contributed by atoms with Gasteiger partial charge in [0, 0.05) is 6.54 Å². The molecule has 0 aliphatic rings. The fraction of sp³-hybridized carbons (Fsp3) is 0.571. The van der Waals surface area contributed by atoms with Crippen molar-refractivity contribution in [3.63, 3.8) is 0 Å². The molecule has 0 spiro atoms. The Balaban J connectivity index is 3.37. The van der Waals surface area contributed by atoms with Gasteiger partial charge in [0.1, 0.15) is 5.78 Å². The SMILES string of the molecule is C=CCNC(C)C(C)=O. The van der Waals surface area contributed by atoms with Crippen LogP contribution in [0, 0.1) is 0 Å². The zero-order valence-corrected chi connectivity index (χ0v) is 5.98. The molecule has 52 valence electrons. The van der Waals surface area contributed by atoms with Gasteiger partial charge >= 0.3 is 0 Å². The molecule has 1 N–H and O–H groups in total. The first-order chi connectivity index (χ1) is 4.18. The minimum Gasteiger partial charge on any atom is -0.304 e. The summed E-state index contributed by atoms with van der Waals surface area (Å²) in [5, 5.41) is 2.96. The predicted molar refractivity (Wildman–Crippen MR) is 38.3 cm³/mol. The normalized spacial score (nSPS) is 12.7. The van der Waals surface area contributed by atoms with Crippen LogP contribution >= 0.6 is 0 Å². The second-order valence-electron chi connectivity index (χ2n) is 2.03. The van der Waals surface area contributed by atoms with Crippen LogP contribution < -0.4 is 5.32 Å². The maximum Gasteiger partial charge on any atom is 0.146 e. The van der Waals surface area contributed by atoms with Crippen molar-refractivity contribution in [2.75, 3.05) is 6.54 Å². The first-order valence-electron chi connectivity index (χ1n) is 3.03. The highest BCUT2D eigenvalue weighted by atomic mass is 16.1. The molecule has 0 saturated carbocycles. The smallest absolute Gasteiger partial charge is 0.146 e. The van der Waals surface area contributed by atoms with Crippen LogP contribution in [0.25, 0.3) is 0 Å². The molecule has 0 heterocycles. The van der Waals surface area contributed by atoms with Crippen LogP contribution in [0.15, 0.2) is 12.7 Å². The highest BCUT2D eigenvalue weighted by molar-refractivity contribution is 5.80. The molecule has 0 rings (SSSR count). The van der Waals surface area contributed by atoms with Gasteiger partial charge in [-0.25, -0.2) is 0 Å². The molecule has 0 aromatic carbocycles. The van der Waals surface area contributed by atoms with Gasteiger partial charge < -0.3 is 5.32 Å². The molecule has 0 saturated heterocycles. The number of carbonyl (C=O) groups is 1. The first kappa shape index (κ1) is 8.37. The van der Waals surface area contributed by atoms with Crippen molar-refractivity contribution in [2.24, 2.45) is 0 Å². The molecule has 0 fully saturated rings. The summed E-state index contributed by atoms with van der Waals surface area (Å²) >= 11 is 0. The number of carbonyl (C=O) groups excluding carboxylic acids is 1. The van der Waals surface area contributed by atoms with Gasteiger partial charge in [-0.2, -0.15) is 0 Å². The highest BCUT2D eigenvalue weighted by Gasteiger charge is 2.02. The largest absolute Gasteiger partial charge is 0.304 e. The summed E-state index contributed by atoms with van der Waals surface area (Å²) in [5.74, 6) is 0.164. The van der Waals surface area contributed by atoms with Gasteiger partial charge in [-0.15, -0.1) is 6.58 Å². The van der Waals surface area contributed by atoms with E-state index in [2.05, 4.69) is 11.9 Å². The third-order valence-corrected chi connectivity index (χ3v) is 1.18. The van der Waals surface area contributed by atoms with Crippen molar-refractivity contribution < 1.29 is 4.79 Å². The van der Waals surface area contributed by atoms with Crippen LogP contribution in [0.1, 0.15) is 13.8 Å². The minimum atomic E-state index is -0.0389. The first-order valence-corrected chi connectivity index (χ1v) is 3.03. The maximum absolute atomic E-state index is 10.6. The van der Waals surface area contributed by atoms with Crippen LogP contribution in [0.5, 0.6) is 0 Å². The van der Waals surface area contributed by atoms with Gasteiger partial charge in [0.2, 0.25) is 0 Å². The number of rotatable bonds is 4. The number of nitrogens with one attached hydrogen (secondary N) is 1. The Kier molecular flexibility index (Phi) is 3.97. The average molecular weight is 127 g/mol. The molecule has 1 atom stereocenters. The Morgan fingerprint density at radius 1 is 1.89 bits per heavy atom. The molecule has 0 aromatic rings. The molecule has 0 aliphatic carbocycles. The van der Waals surface area contributed by atoms with E-state index in [1.54, 1.807) is 13.0 Å². The van der Waals surface area contributed by atoms with Gasteiger partial charge in [-0.3, -0.25) is 4.79 Å². The van der Waals surface area contributed by atoms with E-state index >= 15 is 0 Å². The van der Waals surface area contributed by atoms with Crippen molar-refractivity contribution in [1.82, 2.24) is 5.32 Å². The van der Waals surface area contributed by atoms with Crippen molar-refractivity contribution in [3.05, 3.63) is 12.7 Å². The Morgan fingerprint density at radius 2 is 2.44 bits per heavy atom. The van der Waals surface area contributed by atoms with Gasteiger partial charge in [-0.05, 0) is 13.8 Å². The molecule has 0 radical (unpaired) electrons. The molecule has 2 nitrogen and oxygen atoms in total. The van der Waals surface area contributed by atoms with Gasteiger partial charge in [0.05, 0.1) is 6.04 Å². The topological polar surface area (TPSA) is 29.1 Å². The molecular weight excluding hydrogens is 114 g/mol. The lowest BCUT2D eigenvalue weighted by atomic mass is 10.2. The standard InChI is InChI=1S/C7H13NO/c1-4-5-8-6(2)7(3)9/h4,6,8H,1,5H2,2-3H3. The summed E-state index contributed by atoms with van der Waals surface area (Å²) in [5.41, 5.74) is 0. The molecule has 0 aliphatic heterocycles. The average Bonchev–Trinajstić information content (AvgIpc) is 1.82. The number of Topliss-reactive ketones (excluding diaryl/α,β-unsaturated/α-hetero) is 1. The van der Waals surface area contributed by atoms with E-state index in [0.29, 0.717) is 6.54 Å². The Morgan fingerprint density at radius 3 is 2.78 bits per heavy atom. The molecule has 0 aromatic heterocycles. The Bertz CT molecular complexity index is 109. The third-order valence-electron chi connectivity index (χ3n) is 1.18. The van der Waals surface area contributed by atoms with E-state index < -0.39 is 0 Å². The van der Waals surface area contributed by atoms with Gasteiger partial charge in [-0.1, -0.05) is 6.08 Å². The van der Waals surface area contributed by atoms with Crippen LogP contribution in [0.3, 0.4) is 0 Å². The molecule has 9 heavy (non-hydrogen) atoms. The lowest BCUT2D eigenvalue weighted by Gasteiger charge is -2.06. The number of ketones is 1. The van der Waals surface area contributed by atoms with Crippen molar-refractivity contribution in [3.8, 4) is 0 Å². The van der Waals surface area contributed by atoms with Crippen molar-refractivity contribution in [1.29, 1.82) is 0 Å². The quantitative estimate of drug-likeness (QED) is 0.564. The fourth-order valence-electron chi connectivity index (χ4n) is 0.404. The van der Waals surface area contributed by atoms with Crippen LogP contribution in [0.4, 0.5) is 0 Å². The Hall–Kier alpha value is -0.630. The minimum absolute atomic E-state index is 0.0389. The van der Waals surface area contributed by atoms with Crippen LogP contribution in [-0.2, 0) is 4.79 Å². The van der Waals surface area contributed by atoms with Crippen molar-refractivity contribution in [2.45, 2.75) is 19.9 Å². The van der Waals surface area contributed by atoms with Gasteiger partial charge in [0.15, 0.2) is 0 Å². The van der Waals surface area contributed by atoms with E-state index in [0.717, 1.165) is 0 Å². The summed E-state index contributed by atoms with van der Waals surface area (Å²) < 4.78 is 0. The van der Waals surface area contributed by atoms with Crippen molar-refractivity contribution >= 4 is 5.78 Å². The second-order valence-corrected chi connectivity index (χ2v) is 2.03. The zero-order valence-electron chi connectivity index (χ0n) is 5.98. The molecule has 2 heteroatoms. The molecule has 1 unspecified atom stereocenters. The van der Waals surface area contributed by atoms with E-state index in [9.17, 15) is 4.79 Å². The lowest BCUT2D eigenvalue weighted by Crippen LogP contribution is -2.32. The number of hydrogen-bond acceptors (Lipinski definition) is 2. The van der Waals surface area contributed by atoms with Crippen LogP contribution in [-0.4, -0.2) is 18.4 Å². The summed E-state index contributed by atoms with van der Waals surface area (Å²) in [7, 11) is 0. The highest BCUT2D eigenvalue weighted by Crippen LogP contribution is 1.81. The molecule has 0 bridgehead atoms. The monoisotopic (exact) mass is 127 g/mol. The third kappa shape index (κ3) is 3.91. The zero-order chi connectivity index (χ0) is 7.28. The van der Waals surface area contributed by atoms with E-state index in [4.69, 9.17) is 0 Å². The summed E-state index contributed by atoms with van der Waals surface area (Å²) in [4.78, 5) is 10.6. The molecule has 0 amide bonds. The summed E-state index contributed by atoms with van der Waals surface area (Å²) in [6.07, 6.45) is 1.74. The number of hydrogen-bond donors (Lipinski definition) is 1. The van der Waals surface area contributed by atoms with E-state index in [1.165, 1.54) is 0 Å². The van der Waals surface area contributed by atoms with E-state index in [1.807, 2.05) is 6.92 Å². The maximum atomic E-state index is 10.6. The lowest BCUT2D eigenvalue weighted by molar-refractivity contribution is -0.118. The van der Waals surface area contributed by atoms with Crippen LogP contribution in [0.2, 0.25) is 0 Å². The molecular formula is C7H13NO. The van der Waals surface area contributed by atoms with Gasteiger partial charge in [0.25, 0.3) is 0 Å². The summed E-state index contributed by atoms with van der Waals surface area (Å²) in [6.45, 7) is 7.62.